The molecule has 22 heteroatoms. The number of anilines is 2. The van der Waals surface area contributed by atoms with Gasteiger partial charge in [0, 0.05) is 75.4 Å². The molecule has 0 unspecified atom stereocenters. The Bertz CT molecular complexity index is 3090. The molecule has 21 nitrogen and oxygen atoms in total. The van der Waals surface area contributed by atoms with Crippen LogP contribution in [0.25, 0.3) is 0 Å². The number of allylic oxidation sites excluding steroid dienone is 3. The number of epoxide rings is 1. The van der Waals surface area contributed by atoms with Crippen LogP contribution in [0.5, 0.6) is 5.75 Å². The fourth-order valence-electron chi connectivity index (χ4n) is 10.8. The Labute approximate surface area is 455 Å². The summed E-state index contributed by atoms with van der Waals surface area (Å²) in [7, 11) is 4.51. The molecule has 8 atom stereocenters. The molecule has 3 fully saturated rings. The zero-order valence-corrected chi connectivity index (χ0v) is 45.0. The van der Waals surface area contributed by atoms with E-state index < -0.39 is 71.6 Å². The average Bonchev–Trinajstić information content (AvgIpc) is 3.72. The summed E-state index contributed by atoms with van der Waals surface area (Å²) in [6, 6.07) is 14.8. The van der Waals surface area contributed by atoms with Gasteiger partial charge in [-0.1, -0.05) is 65.7 Å². The van der Waals surface area contributed by atoms with Crippen LogP contribution in [-0.4, -0.2) is 130 Å². The van der Waals surface area contributed by atoms with E-state index in [4.69, 9.17) is 35.3 Å². The van der Waals surface area contributed by atoms with Gasteiger partial charge in [-0.05, 0) is 93.5 Å². The molecule has 9 rings (SSSR count). The number of piperidine rings is 1. The normalized spacial score (nSPS) is 27.3. The maximum atomic E-state index is 14.4. The van der Waals surface area contributed by atoms with Gasteiger partial charge in [0.15, 0.2) is 5.72 Å². The van der Waals surface area contributed by atoms with Crippen molar-refractivity contribution in [3.05, 3.63) is 123 Å². The smallest absolute Gasteiger partial charge is 0.409 e. The molecular weight excluding hydrogens is 1030 g/mol. The SMILES string of the molecule is COc1cc2cc(c1Cl)N(C)C(=O)C[C@H](OC(=O)c1ccc(CCn3cc(CCCC(=O)Nc4cccc5c4CN([C@H]4CCC(=O)NC4=O)C5=O)nn3)cc1)[C@]1(C)O[C@H]1[C@H](C)[C@@H]1C[C@@](O)(NC(=O)O1)[C@H](OC)/C=C/C=C(\C)C2. The topological polar surface area (TPSA) is 262 Å². The molecular formula is C56H63ClN8O13. The molecule has 4 aromatic rings. The minimum absolute atomic E-state index is 0.0650. The van der Waals surface area contributed by atoms with Crippen LogP contribution in [0.2, 0.25) is 5.02 Å². The van der Waals surface area contributed by atoms with E-state index in [1.807, 2.05) is 26.1 Å². The van der Waals surface area contributed by atoms with Crippen molar-refractivity contribution >= 4 is 64.6 Å². The molecule has 0 saturated carbocycles. The number of ether oxygens (including phenoxy) is 5. The molecule has 6 heterocycles. The molecule has 4 bridgehead atoms. The number of nitrogens with one attached hydrogen (secondary N) is 3. The summed E-state index contributed by atoms with van der Waals surface area (Å²) in [4.78, 5) is 94.8. The lowest BCUT2D eigenvalue weighted by molar-refractivity contribution is -0.142. The highest BCUT2D eigenvalue weighted by Crippen LogP contribution is 2.49. The van der Waals surface area contributed by atoms with Gasteiger partial charge in [-0.3, -0.25) is 39.3 Å². The second kappa shape index (κ2) is 22.9. The summed E-state index contributed by atoms with van der Waals surface area (Å²) >= 11 is 6.84. The van der Waals surface area contributed by atoms with Gasteiger partial charge in [-0.15, -0.1) is 5.10 Å². The lowest BCUT2D eigenvalue weighted by atomic mass is 9.83. The van der Waals surface area contributed by atoms with Crippen LogP contribution in [-0.2, 0) is 70.5 Å². The van der Waals surface area contributed by atoms with Crippen molar-refractivity contribution in [2.75, 3.05) is 31.5 Å². The molecule has 78 heavy (non-hydrogen) atoms. The maximum absolute atomic E-state index is 14.4. The van der Waals surface area contributed by atoms with Crippen molar-refractivity contribution in [3.63, 3.8) is 0 Å². The lowest BCUT2D eigenvalue weighted by Gasteiger charge is -2.42. The van der Waals surface area contributed by atoms with E-state index >= 15 is 0 Å². The number of carbonyl (C=O) groups is 7. The number of aromatic nitrogens is 3. The van der Waals surface area contributed by atoms with Gasteiger partial charge >= 0.3 is 12.1 Å². The molecule has 5 aliphatic rings. The van der Waals surface area contributed by atoms with E-state index in [-0.39, 0.29) is 67.0 Å². The summed E-state index contributed by atoms with van der Waals surface area (Å²) in [6.07, 6.45) is 4.74. The number of methoxy groups -OCH3 is 2. The first-order chi connectivity index (χ1) is 37.3. The van der Waals surface area contributed by atoms with Crippen LogP contribution in [0.3, 0.4) is 0 Å². The quantitative estimate of drug-likeness (QED) is 0.0728. The van der Waals surface area contributed by atoms with E-state index in [2.05, 4.69) is 26.3 Å². The number of amides is 6. The molecule has 4 N–H and O–H groups in total. The zero-order valence-electron chi connectivity index (χ0n) is 44.2. The van der Waals surface area contributed by atoms with Crippen LogP contribution >= 0.6 is 11.6 Å². The minimum Gasteiger partial charge on any atom is -0.495 e. The summed E-state index contributed by atoms with van der Waals surface area (Å²) in [5.74, 6) is -2.74. The van der Waals surface area contributed by atoms with Crippen LogP contribution in [0.4, 0.5) is 16.2 Å². The van der Waals surface area contributed by atoms with Crippen molar-refractivity contribution in [2.45, 2.75) is 133 Å². The number of benzene rings is 3. The van der Waals surface area contributed by atoms with Gasteiger partial charge in [-0.2, -0.15) is 0 Å². The fourth-order valence-corrected chi connectivity index (χ4v) is 11.1. The highest BCUT2D eigenvalue weighted by molar-refractivity contribution is 6.35. The monoisotopic (exact) mass is 1090 g/mol. The molecule has 6 amide bonds. The highest BCUT2D eigenvalue weighted by atomic mass is 35.5. The molecule has 412 valence electrons. The van der Waals surface area contributed by atoms with E-state index in [9.17, 15) is 38.7 Å². The number of halogens is 1. The second-order valence-corrected chi connectivity index (χ2v) is 21.1. The molecule has 0 spiro atoms. The number of hydrogen-bond donors (Lipinski definition) is 4. The largest absolute Gasteiger partial charge is 0.495 e. The standard InChI is InChI=1S/C56H63ClN8O13/c1-31-10-7-14-44(75-6)56(73)28-43(76-54(72)60-56)32(2)50-55(3,78-50)45(27-48(68)63(4)41-25-34(24-31)26-42(74-5)49(41)57)77-53(71)35-18-16-33(17-19-35)22-23-64-29-36(61-62-64)11-8-15-46(66)58-39-13-9-12-37-38(39)30-65(52(37)70)40-20-21-47(67)59-51(40)69/h7,9-10,12-14,16-19,25-26,29,32,40,43-45,50,73H,8,11,15,20-24,27-28,30H2,1-6H3,(H,58,66)(H,60,72)(H,59,67,69)/b14-7+,31-10+/t32-,40+,43+,44-,45+,50+,55+,56+/m1/s1. The number of rotatable bonds is 13. The van der Waals surface area contributed by atoms with Crippen LogP contribution in [0.15, 0.2) is 84.6 Å². The third-order valence-corrected chi connectivity index (χ3v) is 15.7. The van der Waals surface area contributed by atoms with Gasteiger partial charge in [0.05, 0.1) is 36.6 Å². The van der Waals surface area contributed by atoms with Gasteiger partial charge in [0.25, 0.3) is 5.91 Å². The fraction of sp³-hybridized carbons (Fsp3) is 0.446. The Hall–Kier alpha value is -7.46. The molecule has 3 aromatic carbocycles. The first kappa shape index (κ1) is 55.3. The van der Waals surface area contributed by atoms with Crippen molar-refractivity contribution < 1.29 is 62.4 Å². The number of fused-ring (bicyclic) bond motifs is 6. The minimum atomic E-state index is -1.85. The third kappa shape index (κ3) is 11.8. The van der Waals surface area contributed by atoms with Crippen LogP contribution in [0, 0.1) is 5.92 Å². The number of carbonyl (C=O) groups excluding carboxylic acids is 7. The first-order valence-corrected chi connectivity index (χ1v) is 26.3. The Kier molecular flexibility index (Phi) is 16.2. The van der Waals surface area contributed by atoms with Crippen LogP contribution < -0.4 is 25.6 Å². The third-order valence-electron chi connectivity index (χ3n) is 15.3. The number of imide groups is 1. The predicted octanol–water partition coefficient (Wildman–Crippen LogP) is 5.54. The Morgan fingerprint density at radius 1 is 1.05 bits per heavy atom. The lowest BCUT2D eigenvalue weighted by Crippen LogP contribution is -2.63. The number of alkyl carbamates (subject to hydrolysis) is 1. The molecule has 1 aromatic heterocycles. The van der Waals surface area contributed by atoms with E-state index in [1.165, 1.54) is 24.0 Å². The summed E-state index contributed by atoms with van der Waals surface area (Å²) in [6.45, 7) is 6.08. The van der Waals surface area contributed by atoms with Crippen molar-refractivity contribution in [2.24, 2.45) is 5.92 Å². The number of esters is 1. The van der Waals surface area contributed by atoms with Crippen molar-refractivity contribution in [1.82, 2.24) is 30.5 Å². The van der Waals surface area contributed by atoms with E-state index in [0.29, 0.717) is 66.2 Å². The molecule has 0 aliphatic carbocycles. The highest BCUT2D eigenvalue weighted by Gasteiger charge is 2.64. The van der Waals surface area contributed by atoms with E-state index in [0.717, 1.165) is 16.7 Å². The summed E-state index contributed by atoms with van der Waals surface area (Å²) in [5, 5.41) is 28.4. The first-order valence-electron chi connectivity index (χ1n) is 25.9. The molecule has 0 radical (unpaired) electrons. The van der Waals surface area contributed by atoms with Crippen molar-refractivity contribution in [3.8, 4) is 5.75 Å². The number of aryl methyl sites for hydroxylation is 3. The second-order valence-electron chi connectivity index (χ2n) is 20.7. The Balaban J connectivity index is 0.826. The molecule has 3 saturated heterocycles. The van der Waals surface area contributed by atoms with Crippen LogP contribution in [0.1, 0.15) is 102 Å². The summed E-state index contributed by atoms with van der Waals surface area (Å²) in [5.41, 5.74) is 2.38. The van der Waals surface area contributed by atoms with Gasteiger partial charge < -0.3 is 43.9 Å². The maximum Gasteiger partial charge on any atom is 0.409 e. The van der Waals surface area contributed by atoms with Gasteiger partial charge in [0.1, 0.15) is 40.7 Å². The average molecular weight is 1090 g/mol. The zero-order chi connectivity index (χ0) is 55.6. The van der Waals surface area contributed by atoms with E-state index in [1.54, 1.807) is 85.4 Å². The van der Waals surface area contributed by atoms with Gasteiger partial charge in [-0.25, -0.2) is 9.59 Å². The van der Waals surface area contributed by atoms with Crippen molar-refractivity contribution in [1.29, 1.82) is 0 Å². The predicted molar refractivity (Wildman–Crippen MR) is 282 cm³/mol. The van der Waals surface area contributed by atoms with Gasteiger partial charge in [0.2, 0.25) is 23.6 Å². The Morgan fingerprint density at radius 2 is 1.83 bits per heavy atom. The Morgan fingerprint density at radius 3 is 2.58 bits per heavy atom. The number of aliphatic hydroxyl groups is 1. The summed E-state index contributed by atoms with van der Waals surface area (Å²) < 4.78 is 31.3. The number of nitrogens with zero attached hydrogens (tertiary/aromatic N) is 5. The molecule has 5 aliphatic heterocycles. The number of hydrogen-bond acceptors (Lipinski definition) is 15.